The standard InChI is InChI=1S/C15H18N4O3/c1-3-11-8-13(20)18-15(17-11)19-16-9-10-6-5-7-12(14(10)21)22-4-2/h5-9,21H,3-4H2,1-2H3,(H2,17,18,19,20)/b16-9-. The molecule has 0 saturated carbocycles. The molecule has 0 amide bonds. The number of anilines is 1. The lowest BCUT2D eigenvalue weighted by molar-refractivity contribution is 0.318. The summed E-state index contributed by atoms with van der Waals surface area (Å²) in [5.74, 6) is 0.658. The van der Waals surface area contributed by atoms with Crippen LogP contribution in [0.4, 0.5) is 5.95 Å². The predicted octanol–water partition coefficient (Wildman–Crippen LogP) is 1.88. The van der Waals surface area contributed by atoms with Crippen LogP contribution in [0.15, 0.2) is 34.2 Å². The topological polar surface area (TPSA) is 99.6 Å². The minimum Gasteiger partial charge on any atom is -0.504 e. The Morgan fingerprint density at radius 3 is 3.00 bits per heavy atom. The Kier molecular flexibility index (Phi) is 5.13. The Hall–Kier alpha value is -2.83. The third-order valence-electron chi connectivity index (χ3n) is 2.86. The molecule has 0 spiro atoms. The van der Waals surface area contributed by atoms with Crippen LogP contribution in [0.25, 0.3) is 0 Å². The molecule has 0 unspecified atom stereocenters. The van der Waals surface area contributed by atoms with Gasteiger partial charge < -0.3 is 9.84 Å². The van der Waals surface area contributed by atoms with Crippen molar-refractivity contribution >= 4 is 12.2 Å². The molecule has 0 radical (unpaired) electrons. The maximum Gasteiger partial charge on any atom is 0.252 e. The van der Waals surface area contributed by atoms with E-state index in [-0.39, 0.29) is 17.3 Å². The number of aromatic amines is 1. The molecule has 0 saturated heterocycles. The van der Waals surface area contributed by atoms with Gasteiger partial charge in [-0.1, -0.05) is 13.0 Å². The molecule has 2 rings (SSSR count). The zero-order valence-electron chi connectivity index (χ0n) is 12.5. The maximum atomic E-state index is 11.4. The Morgan fingerprint density at radius 1 is 1.45 bits per heavy atom. The van der Waals surface area contributed by atoms with E-state index < -0.39 is 0 Å². The summed E-state index contributed by atoms with van der Waals surface area (Å²) in [6, 6.07) is 6.56. The fourth-order valence-corrected chi connectivity index (χ4v) is 1.82. The zero-order valence-corrected chi connectivity index (χ0v) is 12.5. The van der Waals surface area contributed by atoms with Crippen LogP contribution in [0.1, 0.15) is 25.1 Å². The molecule has 1 heterocycles. The highest BCUT2D eigenvalue weighted by Gasteiger charge is 2.05. The lowest BCUT2D eigenvalue weighted by atomic mass is 10.2. The van der Waals surface area contributed by atoms with Crippen LogP contribution in [0.2, 0.25) is 0 Å². The van der Waals surface area contributed by atoms with Gasteiger partial charge in [0.2, 0.25) is 5.95 Å². The van der Waals surface area contributed by atoms with Crippen LogP contribution >= 0.6 is 0 Å². The Labute approximate surface area is 127 Å². The van der Waals surface area contributed by atoms with Crippen molar-refractivity contribution in [2.45, 2.75) is 20.3 Å². The monoisotopic (exact) mass is 302 g/mol. The maximum absolute atomic E-state index is 11.4. The molecule has 116 valence electrons. The molecule has 7 heteroatoms. The summed E-state index contributed by atoms with van der Waals surface area (Å²) in [6.07, 6.45) is 2.08. The lowest BCUT2D eigenvalue weighted by Gasteiger charge is -2.07. The number of H-pyrrole nitrogens is 1. The molecule has 0 atom stereocenters. The number of aryl methyl sites for hydroxylation is 1. The SMILES string of the molecule is CCOc1cccc(/C=N\Nc2nc(CC)cc(=O)[nH]2)c1O. The van der Waals surface area contributed by atoms with Gasteiger partial charge in [-0.3, -0.25) is 9.78 Å². The second kappa shape index (κ2) is 7.26. The van der Waals surface area contributed by atoms with Crippen molar-refractivity contribution in [2.24, 2.45) is 5.10 Å². The number of phenols is 1. The van der Waals surface area contributed by atoms with Crippen molar-refractivity contribution in [3.8, 4) is 11.5 Å². The second-order valence-corrected chi connectivity index (χ2v) is 4.44. The number of aromatic hydroxyl groups is 1. The summed E-state index contributed by atoms with van der Waals surface area (Å²) in [6.45, 7) is 4.21. The summed E-state index contributed by atoms with van der Waals surface area (Å²) in [5, 5.41) is 14.0. The molecule has 0 aliphatic carbocycles. The first-order chi connectivity index (χ1) is 10.6. The van der Waals surface area contributed by atoms with Gasteiger partial charge in [0, 0.05) is 17.3 Å². The summed E-state index contributed by atoms with van der Waals surface area (Å²) in [4.78, 5) is 18.2. The number of hydrogen-bond acceptors (Lipinski definition) is 6. The molecule has 1 aromatic heterocycles. The molecular weight excluding hydrogens is 284 g/mol. The van der Waals surface area contributed by atoms with Crippen LogP contribution in [0.3, 0.4) is 0 Å². The average Bonchev–Trinajstić information content (AvgIpc) is 2.50. The number of nitrogens with one attached hydrogen (secondary N) is 2. The van der Waals surface area contributed by atoms with Crippen LogP contribution in [0.5, 0.6) is 11.5 Å². The van der Waals surface area contributed by atoms with Gasteiger partial charge in [0.25, 0.3) is 5.56 Å². The molecule has 2 aromatic rings. The van der Waals surface area contributed by atoms with Gasteiger partial charge in [0.05, 0.1) is 12.8 Å². The van der Waals surface area contributed by atoms with Crippen molar-refractivity contribution in [2.75, 3.05) is 12.0 Å². The highest BCUT2D eigenvalue weighted by atomic mass is 16.5. The fourth-order valence-electron chi connectivity index (χ4n) is 1.82. The summed E-state index contributed by atoms with van der Waals surface area (Å²) in [5.41, 5.74) is 3.56. The van der Waals surface area contributed by atoms with Crippen molar-refractivity contribution in [1.29, 1.82) is 0 Å². The second-order valence-electron chi connectivity index (χ2n) is 4.44. The number of benzene rings is 1. The van der Waals surface area contributed by atoms with Gasteiger partial charge in [-0.25, -0.2) is 10.4 Å². The molecule has 0 bridgehead atoms. The number of hydrogen-bond donors (Lipinski definition) is 3. The van der Waals surface area contributed by atoms with E-state index in [1.54, 1.807) is 18.2 Å². The Morgan fingerprint density at radius 2 is 2.27 bits per heavy atom. The molecule has 7 nitrogen and oxygen atoms in total. The van der Waals surface area contributed by atoms with E-state index in [0.29, 0.717) is 30.0 Å². The molecular formula is C15H18N4O3. The number of aromatic nitrogens is 2. The highest BCUT2D eigenvalue weighted by Crippen LogP contribution is 2.28. The van der Waals surface area contributed by atoms with Gasteiger partial charge >= 0.3 is 0 Å². The molecule has 0 fully saturated rings. The normalized spacial score (nSPS) is 10.8. The minimum atomic E-state index is -0.245. The number of ether oxygens (including phenoxy) is 1. The zero-order chi connectivity index (χ0) is 15.9. The molecule has 3 N–H and O–H groups in total. The molecule has 1 aromatic carbocycles. The molecule has 0 aliphatic rings. The van der Waals surface area contributed by atoms with Crippen LogP contribution < -0.4 is 15.7 Å². The lowest BCUT2D eigenvalue weighted by Crippen LogP contribution is -2.11. The van der Waals surface area contributed by atoms with E-state index in [0.717, 1.165) is 0 Å². The summed E-state index contributed by atoms with van der Waals surface area (Å²) >= 11 is 0. The van der Waals surface area contributed by atoms with E-state index in [4.69, 9.17) is 4.74 Å². The number of hydrazone groups is 1. The number of phenolic OH excluding ortho intramolecular Hbond substituents is 1. The van der Waals surface area contributed by atoms with E-state index in [2.05, 4.69) is 20.5 Å². The van der Waals surface area contributed by atoms with Gasteiger partial charge in [-0.2, -0.15) is 5.10 Å². The first kappa shape index (κ1) is 15.6. The quantitative estimate of drug-likeness (QED) is 0.559. The van der Waals surface area contributed by atoms with E-state index in [1.807, 2.05) is 13.8 Å². The molecule has 0 aliphatic heterocycles. The van der Waals surface area contributed by atoms with Crippen molar-refractivity contribution in [3.05, 3.63) is 45.9 Å². The van der Waals surface area contributed by atoms with Crippen molar-refractivity contribution in [3.63, 3.8) is 0 Å². The summed E-state index contributed by atoms with van der Waals surface area (Å²) < 4.78 is 5.30. The fraction of sp³-hybridized carbons (Fsp3) is 0.267. The van der Waals surface area contributed by atoms with Crippen molar-refractivity contribution < 1.29 is 9.84 Å². The van der Waals surface area contributed by atoms with E-state index in [1.165, 1.54) is 12.3 Å². The third kappa shape index (κ3) is 3.85. The van der Waals surface area contributed by atoms with Crippen LogP contribution in [-0.2, 0) is 6.42 Å². The van der Waals surface area contributed by atoms with E-state index >= 15 is 0 Å². The highest BCUT2D eigenvalue weighted by molar-refractivity contribution is 5.85. The Balaban J connectivity index is 2.14. The van der Waals surface area contributed by atoms with Gasteiger partial charge in [0.15, 0.2) is 11.5 Å². The average molecular weight is 302 g/mol. The van der Waals surface area contributed by atoms with Gasteiger partial charge in [0.1, 0.15) is 0 Å². The number of nitrogens with zero attached hydrogens (tertiary/aromatic N) is 2. The smallest absolute Gasteiger partial charge is 0.252 e. The largest absolute Gasteiger partial charge is 0.504 e. The van der Waals surface area contributed by atoms with Crippen LogP contribution in [-0.4, -0.2) is 27.9 Å². The number of para-hydroxylation sites is 1. The number of rotatable bonds is 6. The molecule has 22 heavy (non-hydrogen) atoms. The first-order valence-corrected chi connectivity index (χ1v) is 6.98. The van der Waals surface area contributed by atoms with Crippen LogP contribution in [0, 0.1) is 0 Å². The minimum absolute atomic E-state index is 0.0126. The third-order valence-corrected chi connectivity index (χ3v) is 2.86. The van der Waals surface area contributed by atoms with E-state index in [9.17, 15) is 9.90 Å². The summed E-state index contributed by atoms with van der Waals surface area (Å²) in [7, 11) is 0. The van der Waals surface area contributed by atoms with Crippen molar-refractivity contribution in [1.82, 2.24) is 9.97 Å². The Bertz CT molecular complexity index is 725. The predicted molar refractivity (Wildman–Crippen MR) is 84.7 cm³/mol. The van der Waals surface area contributed by atoms with Gasteiger partial charge in [-0.15, -0.1) is 0 Å². The van der Waals surface area contributed by atoms with Gasteiger partial charge in [-0.05, 0) is 25.5 Å². The first-order valence-electron chi connectivity index (χ1n) is 6.98.